The molecule has 3 rings (SSSR count). The van der Waals surface area contributed by atoms with Crippen LogP contribution in [0.4, 0.5) is 5.69 Å². The average Bonchev–Trinajstić information content (AvgIpc) is 3.15. The lowest BCUT2D eigenvalue weighted by Crippen LogP contribution is -2.47. The van der Waals surface area contributed by atoms with Gasteiger partial charge in [0.15, 0.2) is 5.78 Å². The van der Waals surface area contributed by atoms with E-state index in [1.807, 2.05) is 35.2 Å². The summed E-state index contributed by atoms with van der Waals surface area (Å²) in [6.07, 6.45) is 0. The minimum atomic E-state index is -0.331. The number of rotatable bonds is 7. The maximum atomic E-state index is 12.6. The van der Waals surface area contributed by atoms with Crippen LogP contribution in [-0.4, -0.2) is 46.7 Å². The molecule has 0 spiro atoms. The molecule has 0 radical (unpaired) electrons. The highest BCUT2D eigenvalue weighted by atomic mass is 32.2. The van der Waals surface area contributed by atoms with Crippen molar-refractivity contribution in [3.63, 3.8) is 0 Å². The Labute approximate surface area is 168 Å². The third-order valence-corrected chi connectivity index (χ3v) is 5.55. The molecule has 0 bridgehead atoms. The van der Waals surface area contributed by atoms with Gasteiger partial charge in [0.1, 0.15) is 0 Å². The number of benzene rings is 2. The molecule has 2 aromatic carbocycles. The van der Waals surface area contributed by atoms with Gasteiger partial charge < -0.3 is 10.6 Å². The molecule has 146 valence electrons. The van der Waals surface area contributed by atoms with Crippen LogP contribution >= 0.6 is 11.8 Å². The first-order valence-electron chi connectivity index (χ1n) is 9.07. The second-order valence-corrected chi connectivity index (χ2v) is 7.65. The Morgan fingerprint density at radius 3 is 2.64 bits per heavy atom. The first-order valence-corrected chi connectivity index (χ1v) is 10.2. The average molecular weight is 398 g/mol. The molecule has 2 amide bonds. The molecule has 2 N–H and O–H groups in total. The summed E-state index contributed by atoms with van der Waals surface area (Å²) < 4.78 is 0. The molecule has 1 heterocycles. The molecule has 2 aromatic rings. The Hall–Kier alpha value is -2.64. The monoisotopic (exact) mass is 397 g/mol. The van der Waals surface area contributed by atoms with Gasteiger partial charge in [-0.1, -0.05) is 42.5 Å². The van der Waals surface area contributed by atoms with Crippen molar-refractivity contribution in [3.05, 3.63) is 65.7 Å². The van der Waals surface area contributed by atoms with E-state index >= 15 is 0 Å². The summed E-state index contributed by atoms with van der Waals surface area (Å²) in [5.74, 6) is 0.962. The van der Waals surface area contributed by atoms with Crippen LogP contribution in [0.1, 0.15) is 22.8 Å². The number of hydrogen-bond donors (Lipinski definition) is 2. The molecule has 1 fully saturated rings. The van der Waals surface area contributed by atoms with Crippen molar-refractivity contribution >= 4 is 35.0 Å². The van der Waals surface area contributed by atoms with E-state index in [0.29, 0.717) is 29.4 Å². The van der Waals surface area contributed by atoms with Crippen LogP contribution < -0.4 is 10.6 Å². The van der Waals surface area contributed by atoms with Gasteiger partial charge in [0.25, 0.3) is 0 Å². The van der Waals surface area contributed by atoms with Crippen LogP contribution in [0.25, 0.3) is 0 Å². The van der Waals surface area contributed by atoms with E-state index < -0.39 is 0 Å². The largest absolute Gasteiger partial charge is 0.351 e. The zero-order chi connectivity index (χ0) is 19.9. The zero-order valence-electron chi connectivity index (χ0n) is 15.7. The highest BCUT2D eigenvalue weighted by Gasteiger charge is 2.32. The molecule has 7 heteroatoms. The molecule has 6 nitrogen and oxygen atoms in total. The highest BCUT2D eigenvalue weighted by Crippen LogP contribution is 2.21. The van der Waals surface area contributed by atoms with Gasteiger partial charge in [-0.2, -0.15) is 0 Å². The van der Waals surface area contributed by atoms with Crippen LogP contribution in [0.5, 0.6) is 0 Å². The molecule has 0 aromatic heterocycles. The molecule has 1 aliphatic heterocycles. The van der Waals surface area contributed by atoms with Gasteiger partial charge in [-0.25, -0.2) is 0 Å². The van der Waals surface area contributed by atoms with Crippen LogP contribution in [0.3, 0.4) is 0 Å². The van der Waals surface area contributed by atoms with E-state index in [0.717, 1.165) is 5.56 Å². The van der Waals surface area contributed by atoms with Gasteiger partial charge >= 0.3 is 0 Å². The predicted octanol–water partition coefficient (Wildman–Crippen LogP) is 2.52. The third kappa shape index (κ3) is 5.43. The van der Waals surface area contributed by atoms with Gasteiger partial charge in [0, 0.05) is 29.4 Å². The Bertz CT molecular complexity index is 857. The minimum Gasteiger partial charge on any atom is -0.351 e. The van der Waals surface area contributed by atoms with Gasteiger partial charge in [-0.05, 0) is 24.6 Å². The number of nitrogens with one attached hydrogen (secondary N) is 2. The number of nitrogens with zero attached hydrogens (tertiary/aromatic N) is 1. The first kappa shape index (κ1) is 20.1. The fourth-order valence-corrected chi connectivity index (χ4v) is 4.17. The van der Waals surface area contributed by atoms with Crippen LogP contribution in [-0.2, 0) is 16.1 Å². The van der Waals surface area contributed by atoms with Crippen molar-refractivity contribution in [2.45, 2.75) is 19.5 Å². The number of Topliss-reactive ketones (excluding diaryl/α,β-unsaturated/α-hetero) is 1. The van der Waals surface area contributed by atoms with Crippen molar-refractivity contribution in [3.8, 4) is 0 Å². The Morgan fingerprint density at radius 2 is 1.89 bits per heavy atom. The Morgan fingerprint density at radius 1 is 1.11 bits per heavy atom. The summed E-state index contributed by atoms with van der Waals surface area (Å²) in [5, 5.41) is 5.76. The summed E-state index contributed by atoms with van der Waals surface area (Å²) in [6, 6.07) is 16.2. The van der Waals surface area contributed by atoms with E-state index in [1.54, 1.807) is 36.0 Å². The van der Waals surface area contributed by atoms with Gasteiger partial charge in [-0.3, -0.25) is 19.3 Å². The van der Waals surface area contributed by atoms with Crippen LogP contribution in [0.15, 0.2) is 54.6 Å². The molecule has 1 aliphatic rings. The normalized spacial score (nSPS) is 16.5. The van der Waals surface area contributed by atoms with E-state index in [9.17, 15) is 14.4 Å². The van der Waals surface area contributed by atoms with Crippen molar-refractivity contribution in [2.24, 2.45) is 0 Å². The van der Waals surface area contributed by atoms with E-state index in [2.05, 4.69) is 10.6 Å². The van der Waals surface area contributed by atoms with Crippen molar-refractivity contribution < 1.29 is 14.4 Å². The molecular formula is C21H23N3O3S. The van der Waals surface area contributed by atoms with Gasteiger partial charge in [0.2, 0.25) is 11.8 Å². The topological polar surface area (TPSA) is 78.5 Å². The lowest BCUT2D eigenvalue weighted by Gasteiger charge is -2.22. The maximum absolute atomic E-state index is 12.6. The lowest BCUT2D eigenvalue weighted by atomic mass is 10.1. The molecule has 1 atom stereocenters. The van der Waals surface area contributed by atoms with Crippen molar-refractivity contribution in [1.29, 1.82) is 0 Å². The highest BCUT2D eigenvalue weighted by molar-refractivity contribution is 7.99. The lowest BCUT2D eigenvalue weighted by molar-refractivity contribution is -0.126. The summed E-state index contributed by atoms with van der Waals surface area (Å²) in [5.41, 5.74) is 2.17. The molecule has 0 aliphatic carbocycles. The fourth-order valence-electron chi connectivity index (χ4n) is 2.98. The second kappa shape index (κ2) is 9.52. The van der Waals surface area contributed by atoms with Crippen LogP contribution in [0.2, 0.25) is 0 Å². The molecule has 28 heavy (non-hydrogen) atoms. The standard InChI is InChI=1S/C21H23N3O3S/c1-15(25)17-8-5-9-18(10-17)23-20(26)12-24-14-28-13-19(24)21(27)22-11-16-6-3-2-4-7-16/h2-10,19H,11-14H2,1H3,(H,22,27)(H,23,26)/t19-/m1/s1. The van der Waals surface area contributed by atoms with Crippen molar-refractivity contribution in [2.75, 3.05) is 23.5 Å². The second-order valence-electron chi connectivity index (χ2n) is 6.65. The number of amides is 2. The summed E-state index contributed by atoms with van der Waals surface area (Å²) >= 11 is 1.64. The number of ketones is 1. The Kier molecular flexibility index (Phi) is 6.84. The molecule has 0 unspecified atom stereocenters. The number of thioether (sulfide) groups is 1. The number of carbonyl (C=O) groups excluding carboxylic acids is 3. The van der Waals surface area contributed by atoms with Gasteiger partial charge in [0.05, 0.1) is 12.6 Å². The molecule has 1 saturated heterocycles. The summed E-state index contributed by atoms with van der Waals surface area (Å²) in [4.78, 5) is 38.3. The SMILES string of the molecule is CC(=O)c1cccc(NC(=O)CN2CSC[C@@H]2C(=O)NCc2ccccc2)c1. The first-order chi connectivity index (χ1) is 13.5. The minimum absolute atomic E-state index is 0.0535. The third-order valence-electron chi connectivity index (χ3n) is 4.49. The summed E-state index contributed by atoms with van der Waals surface area (Å²) in [6.45, 7) is 2.08. The van der Waals surface area contributed by atoms with E-state index in [1.165, 1.54) is 6.92 Å². The van der Waals surface area contributed by atoms with E-state index in [4.69, 9.17) is 0 Å². The summed E-state index contributed by atoms with van der Waals surface area (Å²) in [7, 11) is 0. The maximum Gasteiger partial charge on any atom is 0.238 e. The molecular weight excluding hydrogens is 374 g/mol. The van der Waals surface area contributed by atoms with E-state index in [-0.39, 0.29) is 30.2 Å². The van der Waals surface area contributed by atoms with Gasteiger partial charge in [-0.15, -0.1) is 11.8 Å². The zero-order valence-corrected chi connectivity index (χ0v) is 16.5. The Balaban J connectivity index is 1.54. The number of hydrogen-bond acceptors (Lipinski definition) is 5. The quantitative estimate of drug-likeness (QED) is 0.702. The number of carbonyl (C=O) groups is 3. The van der Waals surface area contributed by atoms with Crippen LogP contribution in [0, 0.1) is 0 Å². The smallest absolute Gasteiger partial charge is 0.238 e. The fraction of sp³-hybridized carbons (Fsp3) is 0.286. The molecule has 0 saturated carbocycles. The number of anilines is 1. The van der Waals surface area contributed by atoms with Crippen molar-refractivity contribution in [1.82, 2.24) is 10.2 Å². The predicted molar refractivity (Wildman–Crippen MR) is 111 cm³/mol.